The summed E-state index contributed by atoms with van der Waals surface area (Å²) < 4.78 is 12.6. The topological polar surface area (TPSA) is 67.8 Å². The number of rotatable bonds is 6. The Morgan fingerprint density at radius 3 is 2.66 bits per heavy atom. The number of aromatic carboxylic acids is 1. The first kappa shape index (κ1) is 24.0. The highest BCUT2D eigenvalue weighted by molar-refractivity contribution is 9.10. The van der Waals surface area contributed by atoms with E-state index >= 15 is 0 Å². The van der Waals surface area contributed by atoms with E-state index in [-0.39, 0.29) is 23.4 Å². The molecule has 1 heterocycles. The molecule has 0 aromatic heterocycles. The van der Waals surface area contributed by atoms with Crippen molar-refractivity contribution >= 4 is 50.8 Å². The van der Waals surface area contributed by atoms with Crippen LogP contribution >= 0.6 is 39.1 Å². The van der Waals surface area contributed by atoms with Gasteiger partial charge in [0.15, 0.2) is 11.5 Å². The zero-order valence-corrected chi connectivity index (χ0v) is 21.8. The molecule has 0 unspecified atom stereocenters. The molecule has 5 nitrogen and oxygen atoms in total. The summed E-state index contributed by atoms with van der Waals surface area (Å²) in [6.45, 7) is 0.364. The molecule has 0 fully saturated rings. The number of hydrogen-bond donors (Lipinski definition) is 2. The average molecular weight is 575 g/mol. The van der Waals surface area contributed by atoms with E-state index in [0.29, 0.717) is 33.8 Å². The highest BCUT2D eigenvalue weighted by atomic mass is 79.9. The number of nitrogens with one attached hydrogen (secondary N) is 1. The summed E-state index contributed by atoms with van der Waals surface area (Å²) in [5, 5.41) is 14.5. The van der Waals surface area contributed by atoms with Gasteiger partial charge in [-0.05, 0) is 81.4 Å². The Balaban J connectivity index is 1.49. The van der Waals surface area contributed by atoms with Crippen LogP contribution in [-0.4, -0.2) is 18.2 Å². The van der Waals surface area contributed by atoms with Crippen molar-refractivity contribution in [2.24, 2.45) is 5.92 Å². The Morgan fingerprint density at radius 2 is 1.94 bits per heavy atom. The third kappa shape index (κ3) is 4.51. The van der Waals surface area contributed by atoms with Crippen molar-refractivity contribution in [1.29, 1.82) is 0 Å². The molecule has 8 heteroatoms. The number of methoxy groups -OCH3 is 1. The molecule has 2 N–H and O–H groups in total. The van der Waals surface area contributed by atoms with Gasteiger partial charge in [-0.1, -0.05) is 47.5 Å². The van der Waals surface area contributed by atoms with Crippen LogP contribution in [0.5, 0.6) is 11.5 Å². The second-order valence-corrected chi connectivity index (χ2v) is 10.3. The number of halogens is 3. The fourth-order valence-electron chi connectivity index (χ4n) is 4.99. The summed E-state index contributed by atoms with van der Waals surface area (Å²) >= 11 is 16.2. The van der Waals surface area contributed by atoms with E-state index in [2.05, 4.69) is 33.4 Å². The second kappa shape index (κ2) is 9.76. The number of fused-ring (bicyclic) bond motifs is 3. The number of anilines is 1. The minimum Gasteiger partial charge on any atom is -0.493 e. The number of hydrogen-bond acceptors (Lipinski definition) is 4. The second-order valence-electron chi connectivity index (χ2n) is 8.61. The highest BCUT2D eigenvalue weighted by Gasteiger charge is 2.41. The van der Waals surface area contributed by atoms with Crippen molar-refractivity contribution in [3.8, 4) is 11.5 Å². The maximum absolute atomic E-state index is 11.9. The molecule has 3 aromatic carbocycles. The standard InChI is InChI=1S/C27H22BrCl2NO4/c1-34-22-12-15(11-20(28)26(22)35-13-14-5-7-16(29)8-6-14)24-18-4-2-3-17(18)23-19(27(32)33)9-10-21(30)25(23)31-24/h2-3,5-12,17-18,24,31H,4,13H2,1H3,(H,32,33)/t17-,18+,24+/m1/s1. The molecule has 0 saturated carbocycles. The van der Waals surface area contributed by atoms with Crippen LogP contribution in [0.2, 0.25) is 10.0 Å². The van der Waals surface area contributed by atoms with E-state index < -0.39 is 5.97 Å². The van der Waals surface area contributed by atoms with Crippen LogP contribution in [0.4, 0.5) is 5.69 Å². The maximum Gasteiger partial charge on any atom is 0.336 e. The van der Waals surface area contributed by atoms with E-state index in [4.69, 9.17) is 32.7 Å². The minimum atomic E-state index is -0.955. The molecule has 35 heavy (non-hydrogen) atoms. The van der Waals surface area contributed by atoms with Crippen LogP contribution in [0, 0.1) is 5.92 Å². The third-order valence-electron chi connectivity index (χ3n) is 6.61. The largest absolute Gasteiger partial charge is 0.493 e. The Labute approximate surface area is 221 Å². The van der Waals surface area contributed by atoms with Crippen molar-refractivity contribution in [2.45, 2.75) is 25.0 Å². The lowest BCUT2D eigenvalue weighted by Crippen LogP contribution is -2.30. The van der Waals surface area contributed by atoms with Crippen LogP contribution in [0.3, 0.4) is 0 Å². The van der Waals surface area contributed by atoms with Crippen LogP contribution in [0.25, 0.3) is 0 Å². The van der Waals surface area contributed by atoms with Gasteiger partial charge >= 0.3 is 5.97 Å². The molecule has 3 atom stereocenters. The van der Waals surface area contributed by atoms with Gasteiger partial charge in [0.25, 0.3) is 0 Å². The Bertz CT molecular complexity index is 1330. The van der Waals surface area contributed by atoms with E-state index in [0.717, 1.165) is 27.6 Å². The van der Waals surface area contributed by atoms with Gasteiger partial charge in [-0.3, -0.25) is 0 Å². The molecule has 5 rings (SSSR count). The number of carbonyl (C=O) groups is 1. The quantitative estimate of drug-likeness (QED) is 0.293. The normalized spacial score (nSPS) is 20.1. The predicted molar refractivity (Wildman–Crippen MR) is 141 cm³/mol. The first-order chi connectivity index (χ1) is 16.9. The lowest BCUT2D eigenvalue weighted by atomic mass is 9.75. The number of benzene rings is 3. The van der Waals surface area contributed by atoms with Gasteiger partial charge in [0.1, 0.15) is 6.61 Å². The molecule has 1 aliphatic carbocycles. The van der Waals surface area contributed by atoms with Crippen molar-refractivity contribution in [3.05, 3.63) is 97.5 Å². The zero-order valence-electron chi connectivity index (χ0n) is 18.7. The Morgan fingerprint density at radius 1 is 1.17 bits per heavy atom. The summed E-state index contributed by atoms with van der Waals surface area (Å²) in [4.78, 5) is 11.9. The molecular weight excluding hydrogens is 553 g/mol. The maximum atomic E-state index is 11.9. The van der Waals surface area contributed by atoms with Gasteiger partial charge in [-0.2, -0.15) is 0 Å². The molecule has 0 spiro atoms. The Kier molecular flexibility index (Phi) is 6.71. The first-order valence-corrected chi connectivity index (χ1v) is 12.7. The number of carboxylic acid groups (broad SMARTS) is 1. The van der Waals surface area contributed by atoms with Gasteiger partial charge in [-0.25, -0.2) is 4.79 Å². The molecule has 3 aromatic rings. The number of carboxylic acids is 1. The van der Waals surface area contributed by atoms with E-state index in [1.807, 2.05) is 36.4 Å². The lowest BCUT2D eigenvalue weighted by molar-refractivity contribution is 0.0695. The smallest absolute Gasteiger partial charge is 0.336 e. The van der Waals surface area contributed by atoms with E-state index in [1.165, 1.54) is 0 Å². The van der Waals surface area contributed by atoms with Crippen LogP contribution in [-0.2, 0) is 6.61 Å². The van der Waals surface area contributed by atoms with Crippen LogP contribution in [0.1, 0.15) is 45.4 Å². The summed E-state index contributed by atoms with van der Waals surface area (Å²) in [6.07, 6.45) is 5.03. The molecule has 0 amide bonds. The summed E-state index contributed by atoms with van der Waals surface area (Å²) in [5.74, 6) is 0.338. The molecule has 2 aliphatic rings. The fraction of sp³-hybridized carbons (Fsp3) is 0.222. The fourth-order valence-corrected chi connectivity index (χ4v) is 5.91. The van der Waals surface area contributed by atoms with Crippen molar-refractivity contribution in [3.63, 3.8) is 0 Å². The summed E-state index contributed by atoms with van der Waals surface area (Å²) in [7, 11) is 1.61. The van der Waals surface area contributed by atoms with Gasteiger partial charge in [0, 0.05) is 10.9 Å². The van der Waals surface area contributed by atoms with Crippen LogP contribution < -0.4 is 14.8 Å². The van der Waals surface area contributed by atoms with Gasteiger partial charge < -0.3 is 19.9 Å². The van der Waals surface area contributed by atoms with Crippen molar-refractivity contribution in [2.75, 3.05) is 12.4 Å². The van der Waals surface area contributed by atoms with Gasteiger partial charge in [0.2, 0.25) is 0 Å². The van der Waals surface area contributed by atoms with E-state index in [1.54, 1.807) is 19.2 Å². The number of ether oxygens (including phenoxy) is 2. The Hall–Kier alpha value is -2.67. The first-order valence-electron chi connectivity index (χ1n) is 11.1. The van der Waals surface area contributed by atoms with E-state index in [9.17, 15) is 9.90 Å². The predicted octanol–water partition coefficient (Wildman–Crippen LogP) is 7.87. The third-order valence-corrected chi connectivity index (χ3v) is 7.76. The molecular formula is C27H22BrCl2NO4. The summed E-state index contributed by atoms with van der Waals surface area (Å²) in [5.41, 5.74) is 3.67. The van der Waals surface area contributed by atoms with Crippen molar-refractivity contribution in [1.82, 2.24) is 0 Å². The zero-order chi connectivity index (χ0) is 24.7. The lowest BCUT2D eigenvalue weighted by Gasteiger charge is -2.38. The molecule has 0 bridgehead atoms. The monoisotopic (exact) mass is 573 g/mol. The van der Waals surface area contributed by atoms with Gasteiger partial charge in [0.05, 0.1) is 33.9 Å². The molecule has 1 aliphatic heterocycles. The molecule has 0 radical (unpaired) electrons. The average Bonchev–Trinajstić information content (AvgIpc) is 3.33. The SMILES string of the molecule is COc1cc([C@@H]2Nc3c(Cl)ccc(C(=O)O)c3[C@@H]3C=CC[C@@H]32)cc(Br)c1OCc1ccc(Cl)cc1. The van der Waals surface area contributed by atoms with Crippen molar-refractivity contribution < 1.29 is 19.4 Å². The van der Waals surface area contributed by atoms with Crippen LogP contribution in [0.15, 0.2) is 65.2 Å². The minimum absolute atomic E-state index is 0.0494. The number of allylic oxidation sites excluding steroid dienone is 2. The van der Waals surface area contributed by atoms with Gasteiger partial charge in [-0.15, -0.1) is 0 Å². The highest BCUT2D eigenvalue weighted by Crippen LogP contribution is 2.53. The molecule has 0 saturated heterocycles. The summed E-state index contributed by atoms with van der Waals surface area (Å²) in [6, 6.07) is 14.6. The molecule has 180 valence electrons.